The van der Waals surface area contributed by atoms with E-state index in [2.05, 4.69) is 64.2 Å². The van der Waals surface area contributed by atoms with Crippen molar-refractivity contribution in [1.82, 2.24) is 5.32 Å². The number of halogens is 1. The fourth-order valence-electron chi connectivity index (χ4n) is 3.87. The summed E-state index contributed by atoms with van der Waals surface area (Å²) in [7, 11) is -4.42. The first-order valence-electron chi connectivity index (χ1n) is 13.5. The zero-order chi connectivity index (χ0) is 28.3. The van der Waals surface area contributed by atoms with E-state index in [1.807, 2.05) is 21.0 Å². The van der Waals surface area contributed by atoms with Gasteiger partial charge in [0.1, 0.15) is 0 Å². The van der Waals surface area contributed by atoms with Gasteiger partial charge in [-0.2, -0.15) is 0 Å². The third-order valence-electron chi connectivity index (χ3n) is 4.90. The number of carbonyl (C=O) groups excluding carboxylic acids is 2. The molecule has 0 fully saturated rings. The highest BCUT2D eigenvalue weighted by Crippen LogP contribution is 2.29. The maximum atomic E-state index is 12.4. The maximum absolute atomic E-state index is 12.4. The first-order valence-corrected chi connectivity index (χ1v) is 25.7. The molecule has 0 unspecified atom stereocenters. The van der Waals surface area contributed by atoms with E-state index in [9.17, 15) is 9.59 Å². The Kier molecular flexibility index (Phi) is 18.1. The van der Waals surface area contributed by atoms with Gasteiger partial charge in [0, 0.05) is 19.0 Å². The molecule has 0 radical (unpaired) electrons. The number of ether oxygens (including phenoxy) is 1. The molecular formula is C24H57BrN2O6Si4. The molecule has 0 saturated heterocycles. The third kappa shape index (κ3) is 22.6. The number of rotatable bonds is 19. The van der Waals surface area contributed by atoms with Crippen molar-refractivity contribution in [1.29, 1.82) is 0 Å². The molecule has 0 aromatic rings. The molecule has 0 aromatic carbocycles. The van der Waals surface area contributed by atoms with Crippen molar-refractivity contribution >= 4 is 45.6 Å². The van der Waals surface area contributed by atoms with Crippen molar-refractivity contribution in [3.63, 3.8) is 0 Å². The summed E-state index contributed by atoms with van der Waals surface area (Å²) in [4.78, 5) is 24.1. The van der Waals surface area contributed by atoms with Crippen LogP contribution in [0.2, 0.25) is 65.0 Å². The van der Waals surface area contributed by atoms with Crippen molar-refractivity contribution in [2.24, 2.45) is 0 Å². The molecule has 0 spiro atoms. The quantitative estimate of drug-likeness (QED) is 0.0990. The average molecular weight is 662 g/mol. The Labute approximate surface area is 242 Å². The number of esters is 1. The van der Waals surface area contributed by atoms with Crippen LogP contribution in [0.4, 0.5) is 0 Å². The molecule has 1 amide bonds. The monoisotopic (exact) mass is 660 g/mol. The molecule has 222 valence electrons. The summed E-state index contributed by atoms with van der Waals surface area (Å²) in [6.07, 6.45) is 4.10. The van der Waals surface area contributed by atoms with E-state index >= 15 is 0 Å². The van der Waals surface area contributed by atoms with Crippen molar-refractivity contribution in [3.05, 3.63) is 0 Å². The molecular weight excluding hydrogens is 605 g/mol. The number of quaternary nitrogens is 1. The van der Waals surface area contributed by atoms with Crippen molar-refractivity contribution in [2.75, 3.05) is 40.3 Å². The normalized spacial score (nSPS) is 13.2. The molecule has 0 bridgehead atoms. The van der Waals surface area contributed by atoms with Crippen LogP contribution in [0.3, 0.4) is 0 Å². The van der Waals surface area contributed by atoms with Gasteiger partial charge < -0.3 is 43.9 Å². The lowest BCUT2D eigenvalue weighted by Crippen LogP contribution is -3.00. The highest BCUT2D eigenvalue weighted by molar-refractivity contribution is 6.90. The number of hydrogen-bond acceptors (Lipinski definition) is 6. The molecule has 0 aliphatic rings. The van der Waals surface area contributed by atoms with E-state index in [0.717, 1.165) is 38.3 Å². The summed E-state index contributed by atoms with van der Waals surface area (Å²) in [5.74, 6) is -0.0689. The van der Waals surface area contributed by atoms with Gasteiger partial charge in [-0.05, 0) is 91.5 Å². The van der Waals surface area contributed by atoms with E-state index in [1.165, 1.54) is 0 Å². The van der Waals surface area contributed by atoms with Gasteiger partial charge in [-0.25, -0.2) is 4.79 Å². The SMILES string of the molecule is CCOC(=O)C[N+](C)(C)CCCCCC(=O)NCCC[Si](O[Si](C)(C)C)(O[Si](C)(C)C)O[Si](C)(C)C.[Br-]. The first kappa shape index (κ1) is 39.3. The summed E-state index contributed by atoms with van der Waals surface area (Å²) < 4.78 is 25.8. The predicted octanol–water partition coefficient (Wildman–Crippen LogP) is 2.19. The standard InChI is InChI=1S/C24H56N2O6Si4.BrH/c1-13-29-24(28)22-26(2,3)20-16-14-15-18-23(27)25-19-17-21-36(30-33(4,5)6,31-34(7,8)9)32-35(10,11)12;/h13-22H2,1-12H3;1H. The highest BCUT2D eigenvalue weighted by atomic mass is 79.9. The molecule has 0 aliphatic heterocycles. The number of amides is 1. The first-order chi connectivity index (χ1) is 16.2. The van der Waals surface area contributed by atoms with Crippen LogP contribution in [0.1, 0.15) is 39.0 Å². The topological polar surface area (TPSA) is 83.1 Å². The van der Waals surface area contributed by atoms with Gasteiger partial charge in [-0.3, -0.25) is 4.79 Å². The predicted molar refractivity (Wildman–Crippen MR) is 158 cm³/mol. The van der Waals surface area contributed by atoms with Gasteiger partial charge in [-0.1, -0.05) is 0 Å². The molecule has 0 saturated carbocycles. The van der Waals surface area contributed by atoms with E-state index in [4.69, 9.17) is 17.1 Å². The molecule has 13 heteroatoms. The minimum atomic E-state index is -2.85. The second-order valence-corrected chi connectivity index (χ2v) is 30.2. The average Bonchev–Trinajstić information content (AvgIpc) is 2.60. The molecule has 8 nitrogen and oxygen atoms in total. The van der Waals surface area contributed by atoms with Crippen LogP contribution in [0, 0.1) is 0 Å². The van der Waals surface area contributed by atoms with Crippen LogP contribution in [-0.4, -0.2) is 90.5 Å². The number of nitrogens with zero attached hydrogens (tertiary/aromatic N) is 1. The smallest absolute Gasteiger partial charge is 0.469 e. The summed E-state index contributed by atoms with van der Waals surface area (Å²) in [6.45, 7) is 23.8. The fourth-order valence-corrected chi connectivity index (χ4v) is 18.5. The summed E-state index contributed by atoms with van der Waals surface area (Å²) >= 11 is 0. The molecule has 0 atom stereocenters. The highest BCUT2D eigenvalue weighted by Gasteiger charge is 2.49. The van der Waals surface area contributed by atoms with Crippen LogP contribution in [-0.2, 0) is 26.7 Å². The van der Waals surface area contributed by atoms with Crippen LogP contribution >= 0.6 is 0 Å². The minimum absolute atomic E-state index is 0. The molecule has 1 N–H and O–H groups in total. The molecule has 0 aromatic heterocycles. The van der Waals surface area contributed by atoms with Gasteiger partial charge >= 0.3 is 14.8 Å². The lowest BCUT2D eigenvalue weighted by Gasteiger charge is -2.43. The fraction of sp³-hybridized carbons (Fsp3) is 0.917. The number of hydrogen-bond donors (Lipinski definition) is 1. The molecule has 0 rings (SSSR count). The lowest BCUT2D eigenvalue weighted by atomic mass is 10.1. The second kappa shape index (κ2) is 17.1. The van der Waals surface area contributed by atoms with E-state index in [0.29, 0.717) is 30.6 Å². The summed E-state index contributed by atoms with van der Waals surface area (Å²) in [5, 5.41) is 3.08. The Hall–Kier alpha value is 0.128. The van der Waals surface area contributed by atoms with E-state index < -0.39 is 33.8 Å². The number of likely N-dealkylation sites (N-methyl/N-ethyl adjacent to an activating group) is 1. The minimum Gasteiger partial charge on any atom is -1.00 e. The van der Waals surface area contributed by atoms with Gasteiger partial charge in [0.25, 0.3) is 0 Å². The number of unbranched alkanes of at least 4 members (excludes halogenated alkanes) is 2. The molecule has 0 heterocycles. The molecule has 0 aliphatic carbocycles. The lowest BCUT2D eigenvalue weighted by molar-refractivity contribution is -0.883. The van der Waals surface area contributed by atoms with Crippen LogP contribution in [0.5, 0.6) is 0 Å². The maximum Gasteiger partial charge on any atom is 0.469 e. The van der Waals surface area contributed by atoms with Crippen molar-refractivity contribution < 1.29 is 48.1 Å². The van der Waals surface area contributed by atoms with Gasteiger partial charge in [0.05, 0.1) is 27.2 Å². The van der Waals surface area contributed by atoms with Gasteiger partial charge in [0.15, 0.2) is 31.5 Å². The van der Waals surface area contributed by atoms with Crippen LogP contribution < -0.4 is 22.3 Å². The largest absolute Gasteiger partial charge is 1.00 e. The Morgan fingerprint density at radius 3 is 1.68 bits per heavy atom. The Morgan fingerprint density at radius 2 is 1.24 bits per heavy atom. The number of nitrogens with one attached hydrogen (secondary N) is 1. The van der Waals surface area contributed by atoms with E-state index in [-0.39, 0.29) is 28.9 Å². The van der Waals surface area contributed by atoms with E-state index in [1.54, 1.807) is 0 Å². The Morgan fingerprint density at radius 1 is 0.757 bits per heavy atom. The third-order valence-corrected chi connectivity index (χ3v) is 16.9. The van der Waals surface area contributed by atoms with Gasteiger partial charge in [0.2, 0.25) is 5.91 Å². The Bertz CT molecular complexity index is 639. The zero-order valence-corrected chi connectivity index (χ0v) is 31.4. The summed E-state index contributed by atoms with van der Waals surface area (Å²) in [6, 6.07) is 0.736. The van der Waals surface area contributed by atoms with Crippen LogP contribution in [0.25, 0.3) is 0 Å². The second-order valence-electron chi connectivity index (χ2n) is 13.2. The summed E-state index contributed by atoms with van der Waals surface area (Å²) in [5.41, 5.74) is 0. The number of carbonyl (C=O) groups is 2. The van der Waals surface area contributed by atoms with Crippen molar-refractivity contribution in [2.45, 2.75) is 104 Å². The van der Waals surface area contributed by atoms with Crippen LogP contribution in [0.15, 0.2) is 0 Å². The van der Waals surface area contributed by atoms with Gasteiger partial charge in [-0.15, -0.1) is 0 Å². The van der Waals surface area contributed by atoms with Crippen molar-refractivity contribution in [3.8, 4) is 0 Å². The zero-order valence-electron chi connectivity index (χ0n) is 25.8. The molecule has 37 heavy (non-hydrogen) atoms. The Balaban J connectivity index is 0.